The second kappa shape index (κ2) is 10.5. The van der Waals surface area contributed by atoms with Crippen LogP contribution in [0.15, 0.2) is 54.6 Å². The first-order valence-electron chi connectivity index (χ1n) is 9.53. The molecule has 0 aliphatic rings. The van der Waals surface area contributed by atoms with E-state index in [1.54, 1.807) is 18.2 Å². The van der Waals surface area contributed by atoms with Crippen LogP contribution in [0.1, 0.15) is 32.3 Å². The van der Waals surface area contributed by atoms with Crippen molar-refractivity contribution in [2.24, 2.45) is 0 Å². The lowest BCUT2D eigenvalue weighted by atomic mass is 9.97. The highest BCUT2D eigenvalue weighted by Crippen LogP contribution is 2.26. The molecule has 0 aliphatic heterocycles. The number of hydrogen-bond acceptors (Lipinski definition) is 3. The number of amides is 1. The summed E-state index contributed by atoms with van der Waals surface area (Å²) in [6, 6.07) is 12.2. The summed E-state index contributed by atoms with van der Waals surface area (Å²) < 4.78 is 14.5. The lowest BCUT2D eigenvalue weighted by Gasteiger charge is -2.14. The number of hydrogen-bond donors (Lipinski definition) is 1. The van der Waals surface area contributed by atoms with Gasteiger partial charge in [0.25, 0.3) is 0 Å². The molecular formula is C23H27FN2O2. The Balaban J connectivity index is 2.09. The highest BCUT2D eigenvalue weighted by Gasteiger charge is 2.09. The molecule has 0 fully saturated rings. The predicted molar refractivity (Wildman–Crippen MR) is 112 cm³/mol. The van der Waals surface area contributed by atoms with Crippen molar-refractivity contribution in [1.29, 1.82) is 0 Å². The fourth-order valence-corrected chi connectivity index (χ4v) is 2.84. The lowest BCUT2D eigenvalue weighted by molar-refractivity contribution is -0.112. The first-order valence-corrected chi connectivity index (χ1v) is 9.53. The fourth-order valence-electron chi connectivity index (χ4n) is 2.84. The monoisotopic (exact) mass is 382 g/mol. The zero-order valence-corrected chi connectivity index (χ0v) is 16.6. The molecule has 0 aliphatic carbocycles. The zero-order valence-electron chi connectivity index (χ0n) is 16.6. The number of carbonyl (C=O) groups is 2. The first kappa shape index (κ1) is 21.5. The molecule has 2 aromatic carbocycles. The van der Waals surface area contributed by atoms with Gasteiger partial charge in [-0.25, -0.2) is 4.39 Å². The van der Waals surface area contributed by atoms with Gasteiger partial charge < -0.3 is 15.0 Å². The third kappa shape index (κ3) is 5.86. The lowest BCUT2D eigenvalue weighted by Crippen LogP contribution is -2.23. The predicted octanol–water partition coefficient (Wildman–Crippen LogP) is 4.63. The highest BCUT2D eigenvalue weighted by atomic mass is 19.1. The Morgan fingerprint density at radius 2 is 1.86 bits per heavy atom. The van der Waals surface area contributed by atoms with Gasteiger partial charge in [-0.2, -0.15) is 0 Å². The number of benzene rings is 2. The van der Waals surface area contributed by atoms with Crippen LogP contribution >= 0.6 is 0 Å². The van der Waals surface area contributed by atoms with Crippen molar-refractivity contribution >= 4 is 17.9 Å². The summed E-state index contributed by atoms with van der Waals surface area (Å²) in [5, 5.41) is 2.57. The zero-order chi connectivity index (χ0) is 20.5. The van der Waals surface area contributed by atoms with Gasteiger partial charge in [0.05, 0.1) is 5.69 Å². The van der Waals surface area contributed by atoms with Crippen molar-refractivity contribution in [3.63, 3.8) is 0 Å². The molecule has 28 heavy (non-hydrogen) atoms. The summed E-state index contributed by atoms with van der Waals surface area (Å²) in [4.78, 5) is 25.2. The number of anilines is 1. The Bertz CT molecular complexity index is 844. The van der Waals surface area contributed by atoms with E-state index in [0.717, 1.165) is 30.5 Å². The minimum Gasteiger partial charge on any atom is -0.320 e. The Hall–Kier alpha value is -2.79. The second-order valence-electron chi connectivity index (χ2n) is 6.62. The van der Waals surface area contributed by atoms with Crippen LogP contribution < -0.4 is 5.32 Å². The molecule has 2 aromatic rings. The van der Waals surface area contributed by atoms with Crippen molar-refractivity contribution < 1.29 is 14.0 Å². The van der Waals surface area contributed by atoms with E-state index >= 15 is 0 Å². The molecule has 1 unspecified atom stereocenters. The average Bonchev–Trinajstić information content (AvgIpc) is 2.72. The van der Waals surface area contributed by atoms with Crippen LogP contribution in [0.2, 0.25) is 0 Å². The van der Waals surface area contributed by atoms with Gasteiger partial charge in [0.1, 0.15) is 12.1 Å². The minimum absolute atomic E-state index is 0.138. The van der Waals surface area contributed by atoms with Crippen molar-refractivity contribution in [3.05, 3.63) is 66.0 Å². The van der Waals surface area contributed by atoms with Crippen LogP contribution in [0, 0.1) is 5.82 Å². The molecule has 0 saturated heterocycles. The van der Waals surface area contributed by atoms with Crippen LogP contribution in [0.5, 0.6) is 0 Å². The third-order valence-electron chi connectivity index (χ3n) is 4.70. The Kier molecular flexibility index (Phi) is 8.08. The van der Waals surface area contributed by atoms with E-state index in [1.165, 1.54) is 12.1 Å². The maximum Gasteiger partial charge on any atom is 0.248 e. The summed E-state index contributed by atoms with van der Waals surface area (Å²) in [7, 11) is 0. The standard InChI is InChI=1S/C23H27FN2O2/c1-4-26(5-2)13-7-10-23(28)25-22-12-11-20(15-21(22)24)19-9-6-8-18(14-19)17(3)16-27/h6-12,14-17H,4-5,13H2,1-3H3,(H,25,28)/b10-7+. The molecule has 5 heteroatoms. The van der Waals surface area contributed by atoms with Gasteiger partial charge >= 0.3 is 0 Å². The number of aldehydes is 1. The quantitative estimate of drug-likeness (QED) is 0.508. The maximum atomic E-state index is 14.5. The van der Waals surface area contributed by atoms with Gasteiger partial charge in [-0.15, -0.1) is 0 Å². The second-order valence-corrected chi connectivity index (χ2v) is 6.62. The molecule has 1 atom stereocenters. The first-order chi connectivity index (χ1) is 13.5. The summed E-state index contributed by atoms with van der Waals surface area (Å²) in [5.74, 6) is -1.08. The van der Waals surface area contributed by atoms with Gasteiger partial charge in [0, 0.05) is 18.5 Å². The van der Waals surface area contributed by atoms with Crippen LogP contribution in [0.3, 0.4) is 0 Å². The van der Waals surface area contributed by atoms with E-state index in [4.69, 9.17) is 0 Å². The molecule has 0 spiro atoms. The summed E-state index contributed by atoms with van der Waals surface area (Å²) >= 11 is 0. The van der Waals surface area contributed by atoms with Crippen LogP contribution in [0.4, 0.5) is 10.1 Å². The Morgan fingerprint density at radius 3 is 2.50 bits per heavy atom. The third-order valence-corrected chi connectivity index (χ3v) is 4.70. The number of likely N-dealkylation sites (N-methyl/N-ethyl adjacent to an activating group) is 1. The number of carbonyl (C=O) groups excluding carboxylic acids is 2. The number of nitrogens with zero attached hydrogens (tertiary/aromatic N) is 1. The molecule has 1 N–H and O–H groups in total. The van der Waals surface area contributed by atoms with Crippen molar-refractivity contribution in [3.8, 4) is 11.1 Å². The molecular weight excluding hydrogens is 355 g/mol. The van der Waals surface area contributed by atoms with E-state index in [1.807, 2.05) is 31.2 Å². The molecule has 0 bridgehead atoms. The molecule has 4 nitrogen and oxygen atoms in total. The van der Waals surface area contributed by atoms with Crippen LogP contribution in [-0.2, 0) is 9.59 Å². The SMILES string of the molecule is CCN(CC)C/C=C/C(=O)Nc1ccc(-c2cccc(C(C)C=O)c2)cc1F. The van der Waals surface area contributed by atoms with E-state index in [0.29, 0.717) is 12.1 Å². The molecule has 2 rings (SSSR count). The molecule has 0 radical (unpaired) electrons. The molecule has 148 valence electrons. The molecule has 0 heterocycles. The number of nitrogens with one attached hydrogen (secondary N) is 1. The van der Waals surface area contributed by atoms with Crippen molar-refractivity contribution in [2.75, 3.05) is 25.0 Å². The highest BCUT2D eigenvalue weighted by molar-refractivity contribution is 5.99. The van der Waals surface area contributed by atoms with Gasteiger partial charge in [-0.05, 0) is 41.9 Å². The van der Waals surface area contributed by atoms with Crippen molar-refractivity contribution in [2.45, 2.75) is 26.7 Å². The smallest absolute Gasteiger partial charge is 0.248 e. The normalized spacial score (nSPS) is 12.3. The largest absolute Gasteiger partial charge is 0.320 e. The fraction of sp³-hybridized carbons (Fsp3) is 0.304. The summed E-state index contributed by atoms with van der Waals surface area (Å²) in [5.41, 5.74) is 2.52. The maximum absolute atomic E-state index is 14.5. The summed E-state index contributed by atoms with van der Waals surface area (Å²) in [6.07, 6.45) is 4.08. The summed E-state index contributed by atoms with van der Waals surface area (Å²) in [6.45, 7) is 8.43. The van der Waals surface area contributed by atoms with Crippen molar-refractivity contribution in [1.82, 2.24) is 4.90 Å². The number of halogens is 1. The van der Waals surface area contributed by atoms with Crippen LogP contribution in [-0.4, -0.2) is 36.7 Å². The Labute approximate surface area is 166 Å². The van der Waals surface area contributed by atoms with Crippen LogP contribution in [0.25, 0.3) is 11.1 Å². The molecule has 0 saturated carbocycles. The van der Waals surface area contributed by atoms with E-state index < -0.39 is 5.82 Å². The molecule has 1 amide bonds. The van der Waals surface area contributed by atoms with Gasteiger partial charge in [0.2, 0.25) is 5.91 Å². The van der Waals surface area contributed by atoms with Gasteiger partial charge in [0.15, 0.2) is 0 Å². The van der Waals surface area contributed by atoms with Gasteiger partial charge in [-0.3, -0.25) is 4.79 Å². The topological polar surface area (TPSA) is 49.4 Å². The minimum atomic E-state index is -0.503. The van der Waals surface area contributed by atoms with E-state index in [-0.39, 0.29) is 17.5 Å². The average molecular weight is 382 g/mol. The van der Waals surface area contributed by atoms with Gasteiger partial charge in [-0.1, -0.05) is 57.2 Å². The van der Waals surface area contributed by atoms with E-state index in [2.05, 4.69) is 24.1 Å². The molecule has 0 aromatic heterocycles. The van der Waals surface area contributed by atoms with E-state index in [9.17, 15) is 14.0 Å². The Morgan fingerprint density at radius 1 is 1.14 bits per heavy atom. The number of rotatable bonds is 9.